The standard InChI is InChI=1S/C22H21F3N10O11S2.2Na/c1-21(2,17(40)41)46-31-13(10-6-47-18(26)29-10)15(38)28-9-5-33(16(9)39)19(42)32-48(44,45)35-20(43)34(7-22(23,24)25)14(30-35)8-3-11(36)12(37)4-27-8;;/h3-4,6,9,37H,5,7H2,1-2H3,(H2,26,29)(H,27,36)(H,28,38)(H,32,42)(H,40,41);;/q;2*+1/p-2/b31-13-;;/t9-;;/m0../s1. The normalized spacial score (nSPS) is 15.4. The summed E-state index contributed by atoms with van der Waals surface area (Å²) in [4.78, 5) is 72.3. The van der Waals surface area contributed by atoms with E-state index in [1.807, 2.05) is 0 Å². The summed E-state index contributed by atoms with van der Waals surface area (Å²) >= 11 is 0.863. The summed E-state index contributed by atoms with van der Waals surface area (Å²) in [5.41, 5.74) is -1.05. The SMILES string of the molecule is CC(C)(O/N=C(\C(=O)N[C@H]1CN(/C([O-])=N/S(=O)(=O)n2nc(-c3cc(=O)c(O)c[nH]3)n(CC(F)(F)F)c2=O)C1=O)c1csc(N)n1)C(=O)[O-].[Na+].[Na+]. The van der Waals surface area contributed by atoms with Crippen molar-refractivity contribution in [3.05, 3.63) is 44.0 Å². The fourth-order valence-electron chi connectivity index (χ4n) is 3.56. The molecule has 1 atom stereocenters. The second kappa shape index (κ2) is 15.6. The zero-order valence-electron chi connectivity index (χ0n) is 25.9. The van der Waals surface area contributed by atoms with Crippen LogP contribution < -0.4 is 91.5 Å². The number of aliphatic carboxylic acids is 1. The predicted octanol–water partition coefficient (Wildman–Crippen LogP) is -10.2. The second-order valence-electron chi connectivity index (χ2n) is 9.97. The van der Waals surface area contributed by atoms with E-state index in [4.69, 9.17) is 10.6 Å². The minimum atomic E-state index is -5.58. The summed E-state index contributed by atoms with van der Waals surface area (Å²) in [5, 5.41) is 43.3. The summed E-state index contributed by atoms with van der Waals surface area (Å²) in [6.07, 6.45) is -4.48. The Morgan fingerprint density at radius 1 is 1.24 bits per heavy atom. The van der Waals surface area contributed by atoms with Crippen LogP contribution in [0.4, 0.5) is 18.3 Å². The number of β-lactam (4-membered cyclic amide) rings is 1. The van der Waals surface area contributed by atoms with Gasteiger partial charge in [-0.25, -0.2) is 9.78 Å². The summed E-state index contributed by atoms with van der Waals surface area (Å²) < 4.78 is 67.3. The van der Waals surface area contributed by atoms with E-state index < -0.39 is 103 Å². The van der Waals surface area contributed by atoms with E-state index in [2.05, 4.69) is 29.9 Å². The average Bonchev–Trinajstić information content (AvgIpc) is 3.53. The number of thiazole rings is 1. The van der Waals surface area contributed by atoms with Crippen LogP contribution in [-0.4, -0.2) is 96.0 Å². The van der Waals surface area contributed by atoms with E-state index >= 15 is 0 Å². The molecule has 50 heavy (non-hydrogen) atoms. The summed E-state index contributed by atoms with van der Waals surface area (Å²) in [7, 11) is -5.58. The molecule has 5 N–H and O–H groups in total. The van der Waals surface area contributed by atoms with E-state index in [0.717, 1.165) is 25.2 Å². The maximum Gasteiger partial charge on any atom is 1.00 e. The van der Waals surface area contributed by atoms with Crippen molar-refractivity contribution in [2.75, 3.05) is 12.3 Å². The van der Waals surface area contributed by atoms with Gasteiger partial charge in [0.15, 0.2) is 28.0 Å². The topological polar surface area (TPSA) is 313 Å². The third-order valence-corrected chi connectivity index (χ3v) is 7.76. The first-order chi connectivity index (χ1) is 22.1. The first-order valence-corrected chi connectivity index (χ1v) is 14.9. The maximum atomic E-state index is 13.2. The van der Waals surface area contributed by atoms with Gasteiger partial charge in [-0.2, -0.15) is 21.6 Å². The molecule has 0 unspecified atom stereocenters. The van der Waals surface area contributed by atoms with Gasteiger partial charge in [0.25, 0.3) is 11.8 Å². The van der Waals surface area contributed by atoms with Crippen molar-refractivity contribution in [2.24, 2.45) is 9.55 Å². The Bertz CT molecular complexity index is 2110. The molecule has 1 aliphatic rings. The molecule has 0 spiro atoms. The molecule has 0 aliphatic carbocycles. The number of H-pyrrole nitrogens is 1. The van der Waals surface area contributed by atoms with Gasteiger partial charge in [0.2, 0.25) is 5.43 Å². The van der Waals surface area contributed by atoms with Crippen LogP contribution in [0.25, 0.3) is 11.5 Å². The predicted molar refractivity (Wildman–Crippen MR) is 149 cm³/mol. The number of nitrogens with zero attached hydrogens (tertiary/aromatic N) is 7. The molecule has 3 aromatic rings. The number of pyridine rings is 1. The maximum absolute atomic E-state index is 13.2. The fourth-order valence-corrected chi connectivity index (χ4v) is 4.96. The smallest absolute Gasteiger partial charge is 0.845 e. The van der Waals surface area contributed by atoms with Gasteiger partial charge >= 0.3 is 81.2 Å². The number of carbonyl (C=O) groups excluding carboxylic acids is 3. The monoisotopic (exact) mass is 766 g/mol. The number of aromatic nitrogens is 5. The molecule has 21 nitrogen and oxygen atoms in total. The molecule has 28 heteroatoms. The Morgan fingerprint density at radius 2 is 1.88 bits per heavy atom. The Hall–Kier alpha value is -3.79. The van der Waals surface area contributed by atoms with Crippen LogP contribution >= 0.6 is 11.3 Å². The molecule has 4 rings (SSSR count). The van der Waals surface area contributed by atoms with Crippen molar-refractivity contribution in [2.45, 2.75) is 38.2 Å². The molecule has 4 heterocycles. The van der Waals surface area contributed by atoms with Crippen molar-refractivity contribution >= 4 is 56.2 Å². The number of amidine groups is 1. The molecule has 0 radical (unpaired) electrons. The van der Waals surface area contributed by atoms with Crippen molar-refractivity contribution in [3.63, 3.8) is 0 Å². The van der Waals surface area contributed by atoms with Crippen molar-refractivity contribution in [3.8, 4) is 17.3 Å². The Kier molecular flexibility index (Phi) is 13.2. The van der Waals surface area contributed by atoms with E-state index in [1.165, 1.54) is 5.38 Å². The van der Waals surface area contributed by atoms with Crippen LogP contribution in [-0.2, 0) is 36.0 Å². The van der Waals surface area contributed by atoms with Gasteiger partial charge in [-0.3, -0.25) is 19.0 Å². The molecule has 2 amide bonds. The summed E-state index contributed by atoms with van der Waals surface area (Å²) in [6.45, 7) is -0.708. The van der Waals surface area contributed by atoms with E-state index in [-0.39, 0.29) is 79.4 Å². The number of hydrogen-bond acceptors (Lipinski definition) is 16. The minimum Gasteiger partial charge on any atom is -0.845 e. The number of amides is 2. The largest absolute Gasteiger partial charge is 1.00 e. The molecule has 1 fully saturated rings. The van der Waals surface area contributed by atoms with Gasteiger partial charge in [-0.15, -0.1) is 20.8 Å². The Labute approximate surface area is 324 Å². The number of nitrogen functional groups attached to an aromatic ring is 1. The number of nitrogens with one attached hydrogen (secondary N) is 2. The molecule has 1 saturated heterocycles. The molecule has 0 saturated carbocycles. The number of likely N-dealkylation sites (tertiary alicyclic amines) is 1. The van der Waals surface area contributed by atoms with Crippen LogP contribution in [0.3, 0.4) is 0 Å². The molecule has 0 aromatic carbocycles. The Morgan fingerprint density at radius 3 is 2.40 bits per heavy atom. The summed E-state index contributed by atoms with van der Waals surface area (Å²) in [5.74, 6) is -6.03. The number of anilines is 1. The molecule has 0 bridgehead atoms. The third kappa shape index (κ3) is 9.30. The first kappa shape index (κ1) is 42.4. The number of hydrogen-bond donors (Lipinski definition) is 4. The van der Waals surface area contributed by atoms with Crippen LogP contribution in [0.2, 0.25) is 0 Å². The molecular formula is C22H19F3N10Na2O11S2. The van der Waals surface area contributed by atoms with Gasteiger partial charge in [-0.05, 0) is 13.8 Å². The first-order valence-electron chi connectivity index (χ1n) is 12.6. The van der Waals surface area contributed by atoms with Crippen molar-refractivity contribution in [1.82, 2.24) is 33.9 Å². The van der Waals surface area contributed by atoms with Gasteiger partial charge in [0.05, 0.1) is 24.2 Å². The fraction of sp³-hybridized carbons (Fsp3) is 0.318. The molecule has 3 aromatic heterocycles. The Balaban J connectivity index is 0.00000433. The number of rotatable bonds is 10. The zero-order valence-corrected chi connectivity index (χ0v) is 31.5. The number of aromatic amines is 1. The van der Waals surface area contributed by atoms with Crippen LogP contribution in [0.15, 0.2) is 36.8 Å². The van der Waals surface area contributed by atoms with Gasteiger partial charge in [-0.1, -0.05) is 9.24 Å². The van der Waals surface area contributed by atoms with Crippen molar-refractivity contribution < 1.29 is 115 Å². The quantitative estimate of drug-likeness (QED) is 0.0490. The number of aromatic hydroxyl groups is 1. The average molecular weight is 767 g/mol. The van der Waals surface area contributed by atoms with E-state index in [9.17, 15) is 60.9 Å². The van der Waals surface area contributed by atoms with Gasteiger partial charge in [0, 0.05) is 17.6 Å². The number of carboxylic acid groups (broad SMARTS) is 1. The molecule has 258 valence electrons. The number of carbonyl (C=O) groups is 3. The molecular weight excluding hydrogens is 747 g/mol. The van der Waals surface area contributed by atoms with E-state index in [1.54, 1.807) is 0 Å². The minimum absolute atomic E-state index is 0. The van der Waals surface area contributed by atoms with Crippen LogP contribution in [0.5, 0.6) is 5.75 Å². The number of carboxylic acids is 1. The third-order valence-electron chi connectivity index (χ3n) is 6.02. The van der Waals surface area contributed by atoms with E-state index in [0.29, 0.717) is 12.3 Å². The van der Waals surface area contributed by atoms with Crippen molar-refractivity contribution in [1.29, 1.82) is 0 Å². The van der Waals surface area contributed by atoms with Gasteiger partial charge in [0.1, 0.15) is 18.3 Å². The number of alkyl halides is 3. The van der Waals surface area contributed by atoms with Crippen LogP contribution in [0.1, 0.15) is 19.5 Å². The number of oxime groups is 1. The summed E-state index contributed by atoms with van der Waals surface area (Å²) in [6, 6.07) is -2.82. The zero-order chi connectivity index (χ0) is 35.9. The number of halogens is 3. The second-order valence-corrected chi connectivity index (χ2v) is 12.3. The van der Waals surface area contributed by atoms with Gasteiger partial charge < -0.3 is 45.9 Å². The molecule has 1 aliphatic heterocycles. The number of nitrogens with two attached hydrogens (primary N) is 1. The van der Waals surface area contributed by atoms with Crippen LogP contribution in [0, 0.1) is 0 Å².